The first kappa shape index (κ1) is 37.8. The fourth-order valence-electron chi connectivity index (χ4n) is 8.35. The van der Waals surface area contributed by atoms with E-state index < -0.39 is 29.3 Å². The third-order valence-electron chi connectivity index (χ3n) is 11.5. The number of anilines is 1. The molecule has 2 N–H and O–H groups in total. The van der Waals surface area contributed by atoms with Gasteiger partial charge >= 0.3 is 5.76 Å². The molecule has 4 aliphatic heterocycles. The molecule has 0 aliphatic carbocycles. The number of benzene rings is 3. The van der Waals surface area contributed by atoms with E-state index >= 15 is 8.78 Å². The summed E-state index contributed by atoms with van der Waals surface area (Å²) < 4.78 is 50.9. The second-order valence-electron chi connectivity index (χ2n) is 15.2. The van der Waals surface area contributed by atoms with E-state index in [4.69, 9.17) is 24.0 Å². The molecule has 9 rings (SSSR count). The van der Waals surface area contributed by atoms with E-state index in [-0.39, 0.29) is 36.9 Å². The molecule has 2 amide bonds. The molecule has 1 atom stereocenters. The molecule has 0 spiro atoms. The summed E-state index contributed by atoms with van der Waals surface area (Å²) in [7, 11) is 0. The molecule has 2 aromatic heterocycles. The lowest BCUT2D eigenvalue weighted by Crippen LogP contribution is -2.43. The molecule has 0 saturated carbocycles. The number of rotatable bonds is 11. The van der Waals surface area contributed by atoms with Crippen molar-refractivity contribution in [3.8, 4) is 16.9 Å². The van der Waals surface area contributed by atoms with Crippen LogP contribution in [0.25, 0.3) is 22.2 Å². The highest BCUT2D eigenvalue weighted by atomic mass is 19.1. The number of nitrogens with zero attached hydrogens (tertiary/aromatic N) is 6. The lowest BCUT2D eigenvalue weighted by Gasteiger charge is -2.32. The number of likely N-dealkylation sites (tertiary alicyclic amines) is 1. The van der Waals surface area contributed by atoms with Crippen molar-refractivity contribution in [2.45, 2.75) is 50.7 Å². The molecule has 6 heterocycles. The topological polar surface area (TPSA) is 148 Å². The first-order valence-electron chi connectivity index (χ1n) is 19.9. The standard InChI is InChI=1S/C42H44F2N8O6/c43-32-19-26(20-33(44)31(32)25-50-14-17-56-18-15-50)30-3-1-4-34-40(30)47-35(23-45-34)27-22-46-51(24-27)28-9-12-49(13-10-28)11-2-16-57-29-5-6-36-38(21-29)58-42(55)52(36)37-7-8-39(53)48-41(37)54/h1,3-6,19-22,24,28,37,45H,2,7-18,23,25H2,(H,48,53,54). The number of carbonyl (C=O) groups excluding carboxylic acids is 2. The van der Waals surface area contributed by atoms with E-state index in [2.05, 4.69) is 15.5 Å². The fourth-order valence-corrected chi connectivity index (χ4v) is 8.35. The molecule has 5 aromatic rings. The molecule has 1 unspecified atom stereocenters. The van der Waals surface area contributed by atoms with Gasteiger partial charge in [-0.3, -0.25) is 29.1 Å². The monoisotopic (exact) mass is 794 g/mol. The van der Waals surface area contributed by atoms with Crippen molar-refractivity contribution >= 4 is 40.0 Å². The number of imide groups is 1. The molecule has 0 bridgehead atoms. The van der Waals surface area contributed by atoms with E-state index in [0.717, 1.165) is 55.9 Å². The lowest BCUT2D eigenvalue weighted by molar-refractivity contribution is -0.135. The molecule has 14 nitrogen and oxygen atoms in total. The minimum atomic E-state index is -0.794. The van der Waals surface area contributed by atoms with Crippen molar-refractivity contribution in [1.29, 1.82) is 0 Å². The zero-order valence-electron chi connectivity index (χ0n) is 31.9. The number of amides is 2. The molecule has 3 fully saturated rings. The zero-order chi connectivity index (χ0) is 39.8. The SMILES string of the molecule is O=C1CCC(n2c(=O)oc3cc(OCCCN4CCC(n5cc(C6=Nc7c(cccc7-c7cc(F)c(CN8CCOCC8)c(F)c7)NC6)cn5)CC4)ccc32)C(=O)N1. The predicted molar refractivity (Wildman–Crippen MR) is 212 cm³/mol. The second kappa shape index (κ2) is 16.3. The number of nitrogens with one attached hydrogen (secondary N) is 2. The summed E-state index contributed by atoms with van der Waals surface area (Å²) in [5.74, 6) is -2.07. The Hall–Kier alpha value is -5.71. The van der Waals surface area contributed by atoms with Gasteiger partial charge in [0.25, 0.3) is 0 Å². The quantitative estimate of drug-likeness (QED) is 0.135. The minimum Gasteiger partial charge on any atom is -0.493 e. The van der Waals surface area contributed by atoms with Gasteiger partial charge in [0.1, 0.15) is 23.4 Å². The maximum Gasteiger partial charge on any atom is 0.420 e. The highest BCUT2D eigenvalue weighted by Crippen LogP contribution is 2.40. The maximum absolute atomic E-state index is 15.4. The number of halogens is 2. The van der Waals surface area contributed by atoms with Crippen LogP contribution in [0.1, 0.15) is 55.3 Å². The fraction of sp³-hybridized carbons (Fsp3) is 0.405. The Balaban J connectivity index is 0.785. The van der Waals surface area contributed by atoms with Crippen LogP contribution in [-0.4, -0.2) is 101 Å². The number of fused-ring (bicyclic) bond motifs is 2. The largest absolute Gasteiger partial charge is 0.493 e. The Bertz CT molecular complexity index is 2420. The van der Waals surface area contributed by atoms with Crippen molar-refractivity contribution in [1.82, 2.24) is 29.5 Å². The van der Waals surface area contributed by atoms with E-state index in [1.54, 1.807) is 18.2 Å². The third-order valence-corrected chi connectivity index (χ3v) is 11.5. The summed E-state index contributed by atoms with van der Waals surface area (Å²) in [4.78, 5) is 46.0. The number of ether oxygens (including phenoxy) is 2. The van der Waals surface area contributed by atoms with Gasteiger partial charge in [-0.05, 0) is 61.6 Å². The molecule has 3 saturated heterocycles. The number of carbonyl (C=O) groups is 2. The summed E-state index contributed by atoms with van der Waals surface area (Å²) in [5.41, 5.74) is 5.12. The summed E-state index contributed by atoms with van der Waals surface area (Å²) in [6, 6.07) is 13.0. The van der Waals surface area contributed by atoms with E-state index in [1.165, 1.54) is 16.7 Å². The number of piperidine rings is 2. The van der Waals surface area contributed by atoms with Crippen molar-refractivity contribution in [3.63, 3.8) is 0 Å². The van der Waals surface area contributed by atoms with Gasteiger partial charge in [-0.1, -0.05) is 12.1 Å². The number of para-hydroxylation sites is 1. The number of aromatic nitrogens is 3. The van der Waals surface area contributed by atoms with Crippen LogP contribution in [0.5, 0.6) is 5.75 Å². The lowest BCUT2D eigenvalue weighted by atomic mass is 9.98. The Kier molecular flexibility index (Phi) is 10.6. The van der Waals surface area contributed by atoms with Crippen LogP contribution in [-0.2, 0) is 20.9 Å². The van der Waals surface area contributed by atoms with Crippen LogP contribution in [0.4, 0.5) is 20.2 Å². The van der Waals surface area contributed by atoms with Gasteiger partial charge in [-0.2, -0.15) is 5.10 Å². The van der Waals surface area contributed by atoms with E-state index in [9.17, 15) is 14.4 Å². The molecule has 58 heavy (non-hydrogen) atoms. The molecule has 0 radical (unpaired) electrons. The van der Waals surface area contributed by atoms with Crippen LogP contribution in [0, 0.1) is 11.6 Å². The molecular weight excluding hydrogens is 751 g/mol. The first-order chi connectivity index (χ1) is 28.3. The molecule has 302 valence electrons. The molecule has 16 heteroatoms. The Morgan fingerprint density at radius 2 is 1.72 bits per heavy atom. The van der Waals surface area contributed by atoms with Crippen molar-refractivity contribution in [3.05, 3.63) is 94.2 Å². The van der Waals surface area contributed by atoms with Gasteiger partial charge in [-0.15, -0.1) is 0 Å². The van der Waals surface area contributed by atoms with Crippen molar-refractivity contribution in [2.75, 3.05) is 64.4 Å². The minimum absolute atomic E-state index is 0.0658. The average molecular weight is 795 g/mol. The highest BCUT2D eigenvalue weighted by molar-refractivity contribution is 6.08. The van der Waals surface area contributed by atoms with Gasteiger partial charge in [0.15, 0.2) is 5.58 Å². The number of hydrogen-bond acceptors (Lipinski definition) is 11. The van der Waals surface area contributed by atoms with Gasteiger partial charge in [0, 0.05) is 74.6 Å². The van der Waals surface area contributed by atoms with Crippen molar-refractivity contribution in [2.24, 2.45) is 4.99 Å². The van der Waals surface area contributed by atoms with Crippen LogP contribution in [0.15, 0.2) is 75.1 Å². The second-order valence-corrected chi connectivity index (χ2v) is 15.2. The zero-order valence-corrected chi connectivity index (χ0v) is 31.9. The Morgan fingerprint density at radius 1 is 0.914 bits per heavy atom. The maximum atomic E-state index is 15.4. The van der Waals surface area contributed by atoms with Crippen LogP contribution in [0.2, 0.25) is 0 Å². The summed E-state index contributed by atoms with van der Waals surface area (Å²) in [6.45, 7) is 6.29. The van der Waals surface area contributed by atoms with Crippen LogP contribution >= 0.6 is 0 Å². The first-order valence-corrected chi connectivity index (χ1v) is 19.9. The predicted octanol–water partition coefficient (Wildman–Crippen LogP) is 5.20. The van der Waals surface area contributed by atoms with E-state index in [0.29, 0.717) is 73.1 Å². The van der Waals surface area contributed by atoms with Gasteiger partial charge in [0.2, 0.25) is 11.8 Å². The summed E-state index contributed by atoms with van der Waals surface area (Å²) >= 11 is 0. The van der Waals surface area contributed by atoms with Crippen LogP contribution < -0.4 is 21.1 Å². The summed E-state index contributed by atoms with van der Waals surface area (Å²) in [5, 5.41) is 10.5. The molecule has 3 aromatic carbocycles. The van der Waals surface area contributed by atoms with Gasteiger partial charge in [0.05, 0.1) is 61.2 Å². The molecular formula is C42H44F2N8O6. The average Bonchev–Trinajstić information content (AvgIpc) is 3.85. The Morgan fingerprint density at radius 3 is 2.52 bits per heavy atom. The number of aliphatic imine (C=N–C) groups is 1. The van der Waals surface area contributed by atoms with Gasteiger partial charge in [-0.25, -0.2) is 18.6 Å². The normalized spacial score (nSPS) is 19.5. The summed E-state index contributed by atoms with van der Waals surface area (Å²) in [6.07, 6.45) is 6.97. The molecule has 4 aliphatic rings. The number of oxazole rings is 1. The smallest absolute Gasteiger partial charge is 0.420 e. The Labute approximate surface area is 332 Å². The van der Waals surface area contributed by atoms with E-state index in [1.807, 2.05) is 40.2 Å². The third kappa shape index (κ3) is 7.78. The van der Waals surface area contributed by atoms with Gasteiger partial charge < -0.3 is 24.1 Å². The van der Waals surface area contributed by atoms with Crippen LogP contribution in [0.3, 0.4) is 0 Å². The highest BCUT2D eigenvalue weighted by Gasteiger charge is 2.31. The van der Waals surface area contributed by atoms with Crippen molar-refractivity contribution < 1.29 is 32.3 Å². The number of hydrogen-bond donors (Lipinski definition) is 2. The number of morpholine rings is 1.